The molecule has 5 heteroatoms. The third-order valence-corrected chi connectivity index (χ3v) is 6.28. The molecule has 1 aliphatic heterocycles. The lowest BCUT2D eigenvalue weighted by atomic mass is 9.73. The minimum absolute atomic E-state index is 0.0221. The highest BCUT2D eigenvalue weighted by Gasteiger charge is 2.46. The first-order valence-corrected chi connectivity index (χ1v) is 9.68. The van der Waals surface area contributed by atoms with Gasteiger partial charge in [0.05, 0.1) is 0 Å². The lowest BCUT2D eigenvalue weighted by molar-refractivity contribution is -0.121. The fourth-order valence-electron chi connectivity index (χ4n) is 4.85. The smallest absolute Gasteiger partial charge is 0.289 e. The van der Waals surface area contributed by atoms with Crippen molar-refractivity contribution in [3.05, 3.63) is 59.0 Å². The minimum Gasteiger partial charge on any atom is -0.456 e. The molecule has 1 atom stereocenters. The van der Waals surface area contributed by atoms with Gasteiger partial charge in [0.1, 0.15) is 5.76 Å². The van der Waals surface area contributed by atoms with E-state index in [4.69, 9.17) is 4.42 Å². The first-order chi connectivity index (χ1) is 13.0. The monoisotopic (exact) mass is 366 g/mol. The van der Waals surface area contributed by atoms with Gasteiger partial charge in [0.2, 0.25) is 5.91 Å². The molecule has 1 N–H and O–H groups in total. The predicted octanol–water partition coefficient (Wildman–Crippen LogP) is 3.39. The molecule has 1 fully saturated rings. The molecule has 2 aromatic rings. The molecule has 5 nitrogen and oxygen atoms in total. The molecular weight excluding hydrogens is 340 g/mol. The molecule has 2 heterocycles. The van der Waals surface area contributed by atoms with Crippen LogP contribution in [0.4, 0.5) is 0 Å². The Morgan fingerprint density at radius 3 is 2.59 bits per heavy atom. The minimum atomic E-state index is -0.0221. The number of carbonyl (C=O) groups is 2. The van der Waals surface area contributed by atoms with Crippen molar-refractivity contribution in [2.24, 2.45) is 0 Å². The van der Waals surface area contributed by atoms with Gasteiger partial charge in [0, 0.05) is 26.6 Å². The number of likely N-dealkylation sites (tertiary alicyclic amines) is 1. The van der Waals surface area contributed by atoms with E-state index >= 15 is 0 Å². The number of aryl methyl sites for hydroxylation is 1. The Bertz CT molecular complexity index is 862. The molecule has 0 unspecified atom stereocenters. The zero-order chi connectivity index (χ0) is 19.0. The van der Waals surface area contributed by atoms with Crippen molar-refractivity contribution in [1.82, 2.24) is 10.2 Å². The summed E-state index contributed by atoms with van der Waals surface area (Å²) in [6.07, 6.45) is 3.38. The SMILES string of the molecule is CNC(=O)C[C@H]1CC2(CCN(C(=O)c3ccc(C)o3)CC2)c2ccccc21. The van der Waals surface area contributed by atoms with Gasteiger partial charge in [-0.3, -0.25) is 9.59 Å². The molecule has 4 rings (SSSR count). The van der Waals surface area contributed by atoms with E-state index in [9.17, 15) is 9.59 Å². The zero-order valence-electron chi connectivity index (χ0n) is 16.0. The summed E-state index contributed by atoms with van der Waals surface area (Å²) >= 11 is 0. The van der Waals surface area contributed by atoms with Gasteiger partial charge in [0.25, 0.3) is 5.91 Å². The first-order valence-electron chi connectivity index (χ1n) is 9.68. The van der Waals surface area contributed by atoms with Crippen LogP contribution in [0.3, 0.4) is 0 Å². The Labute approximate surface area is 159 Å². The summed E-state index contributed by atoms with van der Waals surface area (Å²) in [5, 5.41) is 2.75. The third kappa shape index (κ3) is 3.15. The van der Waals surface area contributed by atoms with Crippen molar-refractivity contribution in [2.45, 2.75) is 43.9 Å². The molecule has 1 aromatic heterocycles. The van der Waals surface area contributed by atoms with Crippen molar-refractivity contribution in [3.63, 3.8) is 0 Å². The van der Waals surface area contributed by atoms with Crippen LogP contribution in [-0.4, -0.2) is 36.9 Å². The van der Waals surface area contributed by atoms with E-state index in [1.54, 1.807) is 13.1 Å². The quantitative estimate of drug-likeness (QED) is 0.906. The topological polar surface area (TPSA) is 62.6 Å². The van der Waals surface area contributed by atoms with Crippen molar-refractivity contribution >= 4 is 11.8 Å². The fraction of sp³-hybridized carbons (Fsp3) is 0.455. The zero-order valence-corrected chi connectivity index (χ0v) is 16.0. The van der Waals surface area contributed by atoms with Crippen molar-refractivity contribution in [3.8, 4) is 0 Å². The molecule has 1 saturated heterocycles. The number of fused-ring (bicyclic) bond motifs is 2. The van der Waals surface area contributed by atoms with E-state index in [-0.39, 0.29) is 23.1 Å². The maximum atomic E-state index is 12.7. The largest absolute Gasteiger partial charge is 0.456 e. The van der Waals surface area contributed by atoms with E-state index < -0.39 is 0 Å². The van der Waals surface area contributed by atoms with Gasteiger partial charge in [-0.2, -0.15) is 0 Å². The Kier molecular flexibility index (Phi) is 4.54. The van der Waals surface area contributed by atoms with Crippen LogP contribution in [0.15, 0.2) is 40.8 Å². The average Bonchev–Trinajstić information content (AvgIpc) is 3.25. The maximum Gasteiger partial charge on any atom is 0.289 e. The first kappa shape index (κ1) is 17.8. The summed E-state index contributed by atoms with van der Waals surface area (Å²) in [6.45, 7) is 3.29. The van der Waals surface area contributed by atoms with E-state index in [1.807, 2.05) is 17.9 Å². The number of amides is 2. The van der Waals surface area contributed by atoms with Crippen LogP contribution in [0.5, 0.6) is 0 Å². The number of piperidine rings is 1. The number of benzene rings is 1. The Hall–Kier alpha value is -2.56. The van der Waals surface area contributed by atoms with Crippen molar-refractivity contribution in [1.29, 1.82) is 0 Å². The molecule has 1 aliphatic carbocycles. The van der Waals surface area contributed by atoms with Gasteiger partial charge < -0.3 is 14.6 Å². The van der Waals surface area contributed by atoms with Crippen LogP contribution in [0, 0.1) is 6.92 Å². The van der Waals surface area contributed by atoms with Crippen LogP contribution in [0.25, 0.3) is 0 Å². The summed E-state index contributed by atoms with van der Waals surface area (Å²) in [7, 11) is 1.69. The number of carbonyl (C=O) groups excluding carboxylic acids is 2. The van der Waals surface area contributed by atoms with Gasteiger partial charge >= 0.3 is 0 Å². The molecule has 2 aliphatic rings. The molecule has 0 bridgehead atoms. The van der Waals surface area contributed by atoms with E-state index in [1.165, 1.54) is 11.1 Å². The van der Waals surface area contributed by atoms with Gasteiger partial charge in [-0.1, -0.05) is 24.3 Å². The summed E-state index contributed by atoms with van der Waals surface area (Å²) in [5.41, 5.74) is 2.76. The maximum absolute atomic E-state index is 12.7. The lowest BCUT2D eigenvalue weighted by Crippen LogP contribution is -2.44. The van der Waals surface area contributed by atoms with Crippen LogP contribution >= 0.6 is 0 Å². The summed E-state index contributed by atoms with van der Waals surface area (Å²) in [5.74, 6) is 1.51. The second-order valence-corrected chi connectivity index (χ2v) is 7.85. The summed E-state index contributed by atoms with van der Waals surface area (Å²) < 4.78 is 5.51. The summed E-state index contributed by atoms with van der Waals surface area (Å²) in [4.78, 5) is 26.6. The molecule has 27 heavy (non-hydrogen) atoms. The predicted molar refractivity (Wildman–Crippen MR) is 103 cm³/mol. The Morgan fingerprint density at radius 1 is 1.19 bits per heavy atom. The lowest BCUT2D eigenvalue weighted by Gasteiger charge is -2.40. The Morgan fingerprint density at radius 2 is 1.93 bits per heavy atom. The number of hydrogen-bond acceptors (Lipinski definition) is 3. The number of rotatable bonds is 3. The molecule has 0 radical (unpaired) electrons. The summed E-state index contributed by atoms with van der Waals surface area (Å²) in [6, 6.07) is 12.1. The number of nitrogens with zero attached hydrogens (tertiary/aromatic N) is 1. The second kappa shape index (κ2) is 6.87. The second-order valence-electron chi connectivity index (χ2n) is 7.85. The van der Waals surface area contributed by atoms with Crippen LogP contribution < -0.4 is 5.32 Å². The van der Waals surface area contributed by atoms with Crippen LogP contribution in [0.1, 0.15) is 59.0 Å². The van der Waals surface area contributed by atoms with Crippen molar-refractivity contribution < 1.29 is 14.0 Å². The van der Waals surface area contributed by atoms with E-state index in [2.05, 4.69) is 29.6 Å². The highest BCUT2D eigenvalue weighted by atomic mass is 16.3. The molecule has 142 valence electrons. The van der Waals surface area contributed by atoms with Crippen molar-refractivity contribution in [2.75, 3.05) is 20.1 Å². The molecule has 1 aromatic carbocycles. The average molecular weight is 366 g/mol. The van der Waals surface area contributed by atoms with Crippen LogP contribution in [-0.2, 0) is 10.2 Å². The normalized spacial score (nSPS) is 20.5. The van der Waals surface area contributed by atoms with Gasteiger partial charge in [-0.25, -0.2) is 0 Å². The van der Waals surface area contributed by atoms with E-state index in [0.29, 0.717) is 12.2 Å². The number of hydrogen-bond donors (Lipinski definition) is 1. The molecule has 1 spiro atoms. The van der Waals surface area contributed by atoms with E-state index in [0.717, 1.165) is 38.1 Å². The number of nitrogens with one attached hydrogen (secondary N) is 1. The van der Waals surface area contributed by atoms with Crippen LogP contribution in [0.2, 0.25) is 0 Å². The van der Waals surface area contributed by atoms with Gasteiger partial charge in [-0.05, 0) is 60.8 Å². The van der Waals surface area contributed by atoms with Gasteiger partial charge in [-0.15, -0.1) is 0 Å². The molecular formula is C22H26N2O3. The Balaban J connectivity index is 1.52. The molecule has 0 saturated carbocycles. The van der Waals surface area contributed by atoms with Gasteiger partial charge in [0.15, 0.2) is 5.76 Å². The molecule has 2 amide bonds. The number of furan rings is 1. The highest BCUT2D eigenvalue weighted by Crippen LogP contribution is 2.52. The highest BCUT2D eigenvalue weighted by molar-refractivity contribution is 5.91. The third-order valence-electron chi connectivity index (χ3n) is 6.28. The standard InChI is InChI=1S/C22H26N2O3/c1-15-7-8-19(27-15)21(26)24-11-9-22(10-12-24)14-16(13-20(25)23-2)17-5-3-4-6-18(17)22/h3-8,16H,9-14H2,1-2H3,(H,23,25)/t16-/m0/s1. The fourth-order valence-corrected chi connectivity index (χ4v) is 4.85.